The molecule has 1 heterocycles. The molecule has 0 N–H and O–H groups in total. The van der Waals surface area contributed by atoms with Crippen LogP contribution >= 0.6 is 0 Å². The number of hydrogen-bond donors (Lipinski definition) is 0. The van der Waals surface area contributed by atoms with Crippen molar-refractivity contribution in [2.75, 3.05) is 19.6 Å². The molecule has 1 atom stereocenters. The Balaban J connectivity index is 2.63. The van der Waals surface area contributed by atoms with Crippen molar-refractivity contribution in [3.8, 4) is 0 Å². The third-order valence-electron chi connectivity index (χ3n) is 2.80. The second kappa shape index (κ2) is 4.44. The molecule has 1 saturated heterocycles. The van der Waals surface area contributed by atoms with Gasteiger partial charge in [-0.3, -0.25) is 9.59 Å². The molecule has 0 aliphatic carbocycles. The summed E-state index contributed by atoms with van der Waals surface area (Å²) in [5.41, 5.74) is 0. The number of carbonyl (C=O) groups excluding carboxylic acids is 2. The minimum Gasteiger partial charge on any atom is -0.339 e. The van der Waals surface area contributed by atoms with Crippen LogP contribution in [0.2, 0.25) is 0 Å². The zero-order chi connectivity index (χ0) is 10.7. The fraction of sp³-hybridized carbons (Fsp3) is 0.800. The number of hydrogen-bond acceptors (Lipinski definition) is 2. The SMILES string of the molecule is CC[C@@H]1CN(C(C)=O)CCN1C(C)=O. The fourth-order valence-electron chi connectivity index (χ4n) is 1.91. The highest BCUT2D eigenvalue weighted by Gasteiger charge is 2.28. The highest BCUT2D eigenvalue weighted by molar-refractivity contribution is 5.76. The lowest BCUT2D eigenvalue weighted by molar-refractivity contribution is -0.140. The van der Waals surface area contributed by atoms with Crippen molar-refractivity contribution in [3.05, 3.63) is 0 Å². The molecular weight excluding hydrogens is 180 g/mol. The molecular formula is C10H18N2O2. The van der Waals surface area contributed by atoms with Gasteiger partial charge >= 0.3 is 0 Å². The van der Waals surface area contributed by atoms with Crippen molar-refractivity contribution in [3.63, 3.8) is 0 Å². The second-order valence-corrected chi connectivity index (χ2v) is 3.74. The van der Waals surface area contributed by atoms with Gasteiger partial charge in [0.15, 0.2) is 0 Å². The summed E-state index contributed by atoms with van der Waals surface area (Å²) < 4.78 is 0. The van der Waals surface area contributed by atoms with Crippen LogP contribution in [0.3, 0.4) is 0 Å². The Morgan fingerprint density at radius 2 is 1.86 bits per heavy atom. The Morgan fingerprint density at radius 3 is 2.29 bits per heavy atom. The Kier molecular flexibility index (Phi) is 3.49. The lowest BCUT2D eigenvalue weighted by Gasteiger charge is -2.40. The van der Waals surface area contributed by atoms with Gasteiger partial charge in [-0.1, -0.05) is 6.92 Å². The Bertz CT molecular complexity index is 240. The second-order valence-electron chi connectivity index (χ2n) is 3.74. The first kappa shape index (κ1) is 11.0. The monoisotopic (exact) mass is 198 g/mol. The van der Waals surface area contributed by atoms with E-state index < -0.39 is 0 Å². The van der Waals surface area contributed by atoms with E-state index >= 15 is 0 Å². The van der Waals surface area contributed by atoms with E-state index in [0.717, 1.165) is 6.42 Å². The highest BCUT2D eigenvalue weighted by atomic mass is 16.2. The Hall–Kier alpha value is -1.06. The number of nitrogens with zero attached hydrogens (tertiary/aromatic N) is 2. The first-order chi connectivity index (χ1) is 6.56. The third kappa shape index (κ3) is 2.25. The molecule has 1 aliphatic heterocycles. The van der Waals surface area contributed by atoms with Gasteiger partial charge in [-0.25, -0.2) is 0 Å². The molecule has 1 aliphatic rings. The third-order valence-corrected chi connectivity index (χ3v) is 2.80. The van der Waals surface area contributed by atoms with Crippen molar-refractivity contribution < 1.29 is 9.59 Å². The molecule has 4 nitrogen and oxygen atoms in total. The van der Waals surface area contributed by atoms with E-state index in [1.165, 1.54) is 0 Å². The standard InChI is InChI=1S/C10H18N2O2/c1-4-10-7-11(8(2)13)5-6-12(10)9(3)14/h10H,4-7H2,1-3H3/t10-/m1/s1. The molecule has 1 rings (SSSR count). The van der Waals surface area contributed by atoms with E-state index in [1.54, 1.807) is 13.8 Å². The fourth-order valence-corrected chi connectivity index (χ4v) is 1.91. The zero-order valence-electron chi connectivity index (χ0n) is 9.12. The van der Waals surface area contributed by atoms with Gasteiger partial charge in [0.2, 0.25) is 11.8 Å². The van der Waals surface area contributed by atoms with Crippen LogP contribution in [0.25, 0.3) is 0 Å². The largest absolute Gasteiger partial charge is 0.339 e. The van der Waals surface area contributed by atoms with Gasteiger partial charge in [0, 0.05) is 39.5 Å². The van der Waals surface area contributed by atoms with Crippen molar-refractivity contribution in [1.29, 1.82) is 0 Å². The van der Waals surface area contributed by atoms with Crippen LogP contribution in [0.5, 0.6) is 0 Å². The van der Waals surface area contributed by atoms with Crippen molar-refractivity contribution in [1.82, 2.24) is 9.80 Å². The predicted octanol–water partition coefficient (Wildman–Crippen LogP) is 0.476. The first-order valence-corrected chi connectivity index (χ1v) is 5.09. The normalized spacial score (nSPS) is 22.4. The van der Waals surface area contributed by atoms with E-state index in [4.69, 9.17) is 0 Å². The molecule has 0 saturated carbocycles. The number of rotatable bonds is 1. The maximum Gasteiger partial charge on any atom is 0.219 e. The van der Waals surface area contributed by atoms with Crippen LogP contribution in [0.1, 0.15) is 27.2 Å². The molecule has 0 spiro atoms. The maximum absolute atomic E-state index is 11.3. The average molecular weight is 198 g/mol. The van der Waals surface area contributed by atoms with Crippen molar-refractivity contribution in [2.45, 2.75) is 33.2 Å². The summed E-state index contributed by atoms with van der Waals surface area (Å²) in [5.74, 6) is 0.215. The predicted molar refractivity (Wildman–Crippen MR) is 53.7 cm³/mol. The van der Waals surface area contributed by atoms with Gasteiger partial charge in [-0.15, -0.1) is 0 Å². The van der Waals surface area contributed by atoms with Gasteiger partial charge in [0.05, 0.1) is 0 Å². The van der Waals surface area contributed by atoms with Crippen LogP contribution in [0.15, 0.2) is 0 Å². The number of piperazine rings is 1. The summed E-state index contributed by atoms with van der Waals surface area (Å²) in [6.07, 6.45) is 0.906. The van der Waals surface area contributed by atoms with Gasteiger partial charge in [0.25, 0.3) is 0 Å². The molecule has 4 heteroatoms. The molecule has 0 aromatic rings. The smallest absolute Gasteiger partial charge is 0.219 e. The molecule has 0 bridgehead atoms. The Morgan fingerprint density at radius 1 is 1.21 bits per heavy atom. The Labute approximate surface area is 84.9 Å². The zero-order valence-corrected chi connectivity index (χ0v) is 9.12. The number of carbonyl (C=O) groups is 2. The molecule has 2 amide bonds. The summed E-state index contributed by atoms with van der Waals surface area (Å²) in [5, 5.41) is 0. The minimum absolute atomic E-state index is 0.103. The summed E-state index contributed by atoms with van der Waals surface area (Å²) in [4.78, 5) is 26.1. The molecule has 0 aromatic heterocycles. The van der Waals surface area contributed by atoms with Crippen molar-refractivity contribution >= 4 is 11.8 Å². The lowest BCUT2D eigenvalue weighted by atomic mass is 10.1. The van der Waals surface area contributed by atoms with Gasteiger partial charge < -0.3 is 9.80 Å². The molecule has 80 valence electrons. The van der Waals surface area contributed by atoms with Crippen LogP contribution in [-0.2, 0) is 9.59 Å². The van der Waals surface area contributed by atoms with Gasteiger partial charge in [0.1, 0.15) is 0 Å². The van der Waals surface area contributed by atoms with Crippen LogP contribution in [0.4, 0.5) is 0 Å². The molecule has 1 fully saturated rings. The van der Waals surface area contributed by atoms with Crippen LogP contribution in [-0.4, -0.2) is 47.3 Å². The topological polar surface area (TPSA) is 40.6 Å². The summed E-state index contributed by atoms with van der Waals surface area (Å²) in [7, 11) is 0. The van der Waals surface area contributed by atoms with Gasteiger partial charge in [-0.05, 0) is 6.42 Å². The summed E-state index contributed by atoms with van der Waals surface area (Å²) >= 11 is 0. The van der Waals surface area contributed by atoms with Crippen LogP contribution in [0, 0.1) is 0 Å². The summed E-state index contributed by atoms with van der Waals surface area (Å²) in [6.45, 7) is 7.25. The number of amides is 2. The van der Waals surface area contributed by atoms with Gasteiger partial charge in [-0.2, -0.15) is 0 Å². The van der Waals surface area contributed by atoms with E-state index in [2.05, 4.69) is 0 Å². The lowest BCUT2D eigenvalue weighted by Crippen LogP contribution is -2.55. The van der Waals surface area contributed by atoms with Crippen molar-refractivity contribution in [2.24, 2.45) is 0 Å². The van der Waals surface area contributed by atoms with Crippen LogP contribution < -0.4 is 0 Å². The average Bonchev–Trinajstić information content (AvgIpc) is 2.16. The molecule has 0 radical (unpaired) electrons. The molecule has 0 aromatic carbocycles. The van der Waals surface area contributed by atoms with E-state index in [9.17, 15) is 9.59 Å². The van der Waals surface area contributed by atoms with E-state index in [1.807, 2.05) is 16.7 Å². The van der Waals surface area contributed by atoms with E-state index in [0.29, 0.717) is 19.6 Å². The minimum atomic E-state index is 0.103. The first-order valence-electron chi connectivity index (χ1n) is 5.09. The molecule has 0 unspecified atom stereocenters. The maximum atomic E-state index is 11.3. The summed E-state index contributed by atoms with van der Waals surface area (Å²) in [6, 6.07) is 0.199. The molecule has 14 heavy (non-hydrogen) atoms. The quantitative estimate of drug-likeness (QED) is 0.614. The van der Waals surface area contributed by atoms with E-state index in [-0.39, 0.29) is 17.9 Å². The highest BCUT2D eigenvalue weighted by Crippen LogP contribution is 2.12.